The van der Waals surface area contributed by atoms with E-state index in [1.807, 2.05) is 0 Å². The van der Waals surface area contributed by atoms with Crippen molar-refractivity contribution in [2.45, 2.75) is 13.8 Å². The minimum absolute atomic E-state index is 0.348. The van der Waals surface area contributed by atoms with E-state index in [1.54, 1.807) is 44.2 Å². The molecule has 2 aromatic carbocycles. The fourth-order valence-corrected chi connectivity index (χ4v) is 2.19. The molecular formula is C23H23FO3. The van der Waals surface area contributed by atoms with E-state index in [0.29, 0.717) is 45.5 Å². The molecule has 0 saturated heterocycles. The molecule has 0 bridgehead atoms. The van der Waals surface area contributed by atoms with Gasteiger partial charge >= 0.3 is 0 Å². The van der Waals surface area contributed by atoms with Gasteiger partial charge in [0.15, 0.2) is 0 Å². The van der Waals surface area contributed by atoms with E-state index in [2.05, 4.69) is 26.3 Å². The summed E-state index contributed by atoms with van der Waals surface area (Å²) in [5.74, 6) is 1.75. The summed E-state index contributed by atoms with van der Waals surface area (Å²) in [6, 6.07) is 9.72. The van der Waals surface area contributed by atoms with Crippen LogP contribution in [0.5, 0.6) is 17.2 Å². The van der Waals surface area contributed by atoms with Gasteiger partial charge in [0.2, 0.25) is 0 Å². The predicted octanol–water partition coefficient (Wildman–Crippen LogP) is 6.44. The molecule has 0 aliphatic heterocycles. The molecule has 0 atom stereocenters. The van der Waals surface area contributed by atoms with Crippen molar-refractivity contribution in [3.63, 3.8) is 0 Å². The molecule has 0 saturated carbocycles. The molecule has 0 aliphatic carbocycles. The largest absolute Gasteiger partial charge is 0.496 e. The smallest absolute Gasteiger partial charge is 0.134 e. The summed E-state index contributed by atoms with van der Waals surface area (Å²) >= 11 is 0. The lowest BCUT2D eigenvalue weighted by Crippen LogP contribution is -1.97. The molecule has 3 nitrogen and oxygen atoms in total. The number of benzene rings is 2. The minimum Gasteiger partial charge on any atom is -0.496 e. The van der Waals surface area contributed by atoms with Gasteiger partial charge in [0.1, 0.15) is 34.6 Å². The van der Waals surface area contributed by atoms with E-state index < -0.39 is 5.82 Å². The summed E-state index contributed by atoms with van der Waals surface area (Å²) < 4.78 is 31.2. The Labute approximate surface area is 159 Å². The molecule has 0 aromatic heterocycles. The molecule has 2 rings (SSSR count). The molecule has 0 heterocycles. The van der Waals surface area contributed by atoms with Crippen LogP contribution in [0, 0.1) is 5.82 Å². The third-order valence-electron chi connectivity index (χ3n) is 3.84. The van der Waals surface area contributed by atoms with Gasteiger partial charge in [-0.3, -0.25) is 0 Å². The van der Waals surface area contributed by atoms with Crippen molar-refractivity contribution in [1.29, 1.82) is 0 Å². The van der Waals surface area contributed by atoms with Crippen molar-refractivity contribution in [2.24, 2.45) is 0 Å². The molecule has 0 fully saturated rings. The average molecular weight is 366 g/mol. The summed E-state index contributed by atoms with van der Waals surface area (Å²) in [4.78, 5) is 0. The maximum atomic E-state index is 14.7. The number of ether oxygens (including phenoxy) is 3. The molecule has 0 aliphatic rings. The Balaban J connectivity index is 2.34. The van der Waals surface area contributed by atoms with Crippen LogP contribution in [0.1, 0.15) is 13.8 Å². The highest BCUT2D eigenvalue weighted by molar-refractivity contribution is 5.72. The number of hydrogen-bond donors (Lipinski definition) is 0. The number of halogens is 1. The van der Waals surface area contributed by atoms with Crippen LogP contribution in [0.3, 0.4) is 0 Å². The molecule has 2 aromatic rings. The van der Waals surface area contributed by atoms with Gasteiger partial charge in [0.25, 0.3) is 0 Å². The topological polar surface area (TPSA) is 27.7 Å². The number of rotatable bonds is 8. The Hall–Kier alpha value is -3.27. The first kappa shape index (κ1) is 20.0. The standard InChI is InChI=1S/C23H23FO3/c1-14(2)16(5)26-18-8-10-20(22(24)12-18)21-11-9-19(13-23(21)25-7)27-17(6)15(3)4/h8-13H,1,3,5-6H2,2,4,7H3. The summed E-state index contributed by atoms with van der Waals surface area (Å²) in [5.41, 5.74) is 2.36. The third kappa shape index (κ3) is 4.88. The van der Waals surface area contributed by atoms with Gasteiger partial charge in [0.05, 0.1) is 7.11 Å². The van der Waals surface area contributed by atoms with E-state index in [-0.39, 0.29) is 0 Å². The Morgan fingerprint density at radius 2 is 1.26 bits per heavy atom. The van der Waals surface area contributed by atoms with Crippen LogP contribution in [0.25, 0.3) is 11.1 Å². The average Bonchev–Trinajstić information content (AvgIpc) is 2.61. The maximum absolute atomic E-state index is 14.7. The van der Waals surface area contributed by atoms with Crippen molar-refractivity contribution in [3.05, 3.63) is 91.2 Å². The molecule has 140 valence electrons. The zero-order chi connectivity index (χ0) is 20.1. The Bertz CT molecular complexity index is 925. The van der Waals surface area contributed by atoms with Gasteiger partial charge in [0, 0.05) is 23.3 Å². The molecule has 0 amide bonds. The minimum atomic E-state index is -0.444. The fourth-order valence-electron chi connectivity index (χ4n) is 2.19. The van der Waals surface area contributed by atoms with Crippen molar-refractivity contribution in [1.82, 2.24) is 0 Å². The van der Waals surface area contributed by atoms with Crippen molar-refractivity contribution in [2.75, 3.05) is 7.11 Å². The van der Waals surface area contributed by atoms with Crippen molar-refractivity contribution in [3.8, 4) is 28.4 Å². The molecule has 4 heteroatoms. The predicted molar refractivity (Wildman–Crippen MR) is 108 cm³/mol. The van der Waals surface area contributed by atoms with Crippen LogP contribution >= 0.6 is 0 Å². The summed E-state index contributed by atoms with van der Waals surface area (Å²) in [6.45, 7) is 18.6. The Kier molecular flexibility index (Phi) is 6.24. The van der Waals surface area contributed by atoms with Crippen LogP contribution in [-0.4, -0.2) is 7.11 Å². The molecule has 0 radical (unpaired) electrons. The van der Waals surface area contributed by atoms with Gasteiger partial charge in [-0.15, -0.1) is 0 Å². The zero-order valence-corrected chi connectivity index (χ0v) is 15.9. The first-order valence-corrected chi connectivity index (χ1v) is 8.26. The first-order valence-electron chi connectivity index (χ1n) is 8.26. The fraction of sp³-hybridized carbons (Fsp3) is 0.130. The number of hydrogen-bond acceptors (Lipinski definition) is 3. The first-order chi connectivity index (χ1) is 12.7. The van der Waals surface area contributed by atoms with Crippen LogP contribution in [-0.2, 0) is 0 Å². The van der Waals surface area contributed by atoms with Gasteiger partial charge in [-0.05, 0) is 49.3 Å². The maximum Gasteiger partial charge on any atom is 0.134 e. The van der Waals surface area contributed by atoms with E-state index in [9.17, 15) is 4.39 Å². The lowest BCUT2D eigenvalue weighted by Gasteiger charge is -2.14. The lowest BCUT2D eigenvalue weighted by molar-refractivity contribution is 0.404. The second kappa shape index (κ2) is 8.41. The summed E-state index contributed by atoms with van der Waals surface area (Å²) in [5, 5.41) is 0. The molecule has 27 heavy (non-hydrogen) atoms. The SMILES string of the molecule is C=C(C)C(=C)Oc1ccc(-c2ccc(OC(=C)C(=C)C)cc2OC)c(F)c1. The highest BCUT2D eigenvalue weighted by atomic mass is 19.1. The van der Waals surface area contributed by atoms with Gasteiger partial charge in [-0.2, -0.15) is 0 Å². The Morgan fingerprint density at radius 3 is 1.70 bits per heavy atom. The van der Waals surface area contributed by atoms with E-state index in [0.717, 1.165) is 5.57 Å². The summed E-state index contributed by atoms with van der Waals surface area (Å²) in [7, 11) is 1.52. The highest BCUT2D eigenvalue weighted by Gasteiger charge is 2.14. The van der Waals surface area contributed by atoms with Gasteiger partial charge in [-0.25, -0.2) is 4.39 Å². The van der Waals surface area contributed by atoms with Crippen molar-refractivity contribution >= 4 is 0 Å². The monoisotopic (exact) mass is 366 g/mol. The third-order valence-corrected chi connectivity index (χ3v) is 3.84. The second-order valence-corrected chi connectivity index (χ2v) is 6.11. The normalized spacial score (nSPS) is 10.1. The van der Waals surface area contributed by atoms with Gasteiger partial charge < -0.3 is 14.2 Å². The van der Waals surface area contributed by atoms with Crippen LogP contribution in [0.4, 0.5) is 4.39 Å². The number of methoxy groups -OCH3 is 1. The second-order valence-electron chi connectivity index (χ2n) is 6.11. The van der Waals surface area contributed by atoms with Crippen LogP contribution < -0.4 is 14.2 Å². The van der Waals surface area contributed by atoms with E-state index in [4.69, 9.17) is 14.2 Å². The van der Waals surface area contributed by atoms with Crippen LogP contribution in [0.2, 0.25) is 0 Å². The van der Waals surface area contributed by atoms with Crippen molar-refractivity contribution < 1.29 is 18.6 Å². The molecule has 0 unspecified atom stereocenters. The molecule has 0 N–H and O–H groups in total. The molecular weight excluding hydrogens is 343 g/mol. The quantitative estimate of drug-likeness (QED) is 0.397. The zero-order valence-electron chi connectivity index (χ0n) is 15.9. The van der Waals surface area contributed by atoms with Crippen LogP contribution in [0.15, 0.2) is 85.4 Å². The van der Waals surface area contributed by atoms with E-state index >= 15 is 0 Å². The molecule has 0 spiro atoms. The summed E-state index contributed by atoms with van der Waals surface area (Å²) in [6.07, 6.45) is 0. The van der Waals surface area contributed by atoms with E-state index in [1.165, 1.54) is 13.2 Å². The van der Waals surface area contributed by atoms with Gasteiger partial charge in [-0.1, -0.05) is 26.3 Å². The Morgan fingerprint density at radius 1 is 0.778 bits per heavy atom. The number of allylic oxidation sites excluding steroid dienone is 2. The highest BCUT2D eigenvalue weighted by Crippen LogP contribution is 2.36. The lowest BCUT2D eigenvalue weighted by atomic mass is 10.0.